The topological polar surface area (TPSA) is 76.2 Å². The monoisotopic (exact) mass is 379 g/mol. The molecule has 146 valence electrons. The minimum Gasteiger partial charge on any atom is -0.361 e. The molecule has 0 unspecified atom stereocenters. The van der Waals surface area contributed by atoms with E-state index in [-0.39, 0.29) is 5.91 Å². The van der Waals surface area contributed by atoms with Crippen molar-refractivity contribution in [1.82, 2.24) is 25.2 Å². The standard InChI is InChI=1S/C21H25N5O2/c1-16-13-20(24-28-16)21(27)22-14-17-8-11-25(12-9-17)15-19-7-10-23-26(19)18-5-3-2-4-6-18/h2-7,10,13,17H,8-9,11-12,14-15H2,1H3,(H,22,27). The van der Waals surface area contributed by atoms with Crippen molar-refractivity contribution in [2.24, 2.45) is 5.92 Å². The van der Waals surface area contributed by atoms with Crippen LogP contribution in [0.15, 0.2) is 53.2 Å². The second kappa shape index (κ2) is 8.39. The van der Waals surface area contributed by atoms with Crippen LogP contribution < -0.4 is 5.32 Å². The van der Waals surface area contributed by atoms with E-state index in [1.807, 2.05) is 29.1 Å². The van der Waals surface area contributed by atoms with Crippen molar-refractivity contribution in [2.75, 3.05) is 19.6 Å². The number of aryl methyl sites for hydroxylation is 1. The Bertz CT molecular complexity index is 910. The molecule has 0 saturated carbocycles. The first-order valence-corrected chi connectivity index (χ1v) is 9.71. The van der Waals surface area contributed by atoms with Gasteiger partial charge in [0, 0.05) is 25.4 Å². The van der Waals surface area contributed by atoms with Gasteiger partial charge in [-0.3, -0.25) is 9.69 Å². The van der Waals surface area contributed by atoms with E-state index in [0.717, 1.165) is 38.2 Å². The summed E-state index contributed by atoms with van der Waals surface area (Å²) >= 11 is 0. The molecule has 3 heterocycles. The van der Waals surface area contributed by atoms with Gasteiger partial charge in [0.15, 0.2) is 5.69 Å². The van der Waals surface area contributed by atoms with Crippen LogP contribution in [0.25, 0.3) is 5.69 Å². The van der Waals surface area contributed by atoms with E-state index in [2.05, 4.69) is 38.7 Å². The molecule has 7 heteroatoms. The predicted molar refractivity (Wildman–Crippen MR) is 105 cm³/mol. The molecular weight excluding hydrogens is 354 g/mol. The first kappa shape index (κ1) is 18.4. The molecule has 2 aromatic heterocycles. The van der Waals surface area contributed by atoms with Crippen molar-refractivity contribution >= 4 is 5.91 Å². The number of hydrogen-bond acceptors (Lipinski definition) is 5. The Hall–Kier alpha value is -2.93. The lowest BCUT2D eigenvalue weighted by atomic mass is 9.96. The molecule has 1 saturated heterocycles. The smallest absolute Gasteiger partial charge is 0.273 e. The van der Waals surface area contributed by atoms with Gasteiger partial charge in [-0.05, 0) is 57.0 Å². The lowest BCUT2D eigenvalue weighted by molar-refractivity contribution is 0.0926. The predicted octanol–water partition coefficient (Wildman–Crippen LogP) is 2.81. The molecule has 1 amide bonds. The van der Waals surface area contributed by atoms with Crippen molar-refractivity contribution in [2.45, 2.75) is 26.3 Å². The third kappa shape index (κ3) is 4.31. The fraction of sp³-hybridized carbons (Fsp3) is 0.381. The van der Waals surface area contributed by atoms with Crippen LogP contribution in [0, 0.1) is 12.8 Å². The molecule has 4 rings (SSSR count). The quantitative estimate of drug-likeness (QED) is 0.713. The normalized spacial score (nSPS) is 15.6. The maximum absolute atomic E-state index is 12.1. The van der Waals surface area contributed by atoms with Crippen LogP contribution in [-0.4, -0.2) is 45.4 Å². The molecule has 1 fully saturated rings. The molecule has 0 spiro atoms. The zero-order valence-corrected chi connectivity index (χ0v) is 16.0. The molecule has 1 N–H and O–H groups in total. The molecule has 1 aliphatic heterocycles. The Morgan fingerprint density at radius 3 is 2.71 bits per heavy atom. The Kier molecular flexibility index (Phi) is 5.53. The molecule has 28 heavy (non-hydrogen) atoms. The fourth-order valence-corrected chi connectivity index (χ4v) is 3.63. The van der Waals surface area contributed by atoms with Crippen molar-refractivity contribution in [3.05, 3.63) is 65.8 Å². The summed E-state index contributed by atoms with van der Waals surface area (Å²) in [5, 5.41) is 11.2. The molecular formula is C21H25N5O2. The number of para-hydroxylation sites is 1. The summed E-state index contributed by atoms with van der Waals surface area (Å²) < 4.78 is 6.96. The Labute approximate surface area is 164 Å². The summed E-state index contributed by atoms with van der Waals surface area (Å²) in [5.74, 6) is 0.978. The Morgan fingerprint density at radius 2 is 2.00 bits per heavy atom. The number of carbonyl (C=O) groups is 1. The van der Waals surface area contributed by atoms with Crippen molar-refractivity contribution in [1.29, 1.82) is 0 Å². The van der Waals surface area contributed by atoms with E-state index in [1.165, 1.54) is 5.69 Å². The van der Waals surface area contributed by atoms with Crippen molar-refractivity contribution in [3.63, 3.8) is 0 Å². The minimum atomic E-state index is -0.161. The van der Waals surface area contributed by atoms with Crippen molar-refractivity contribution in [3.8, 4) is 5.69 Å². The number of rotatable bonds is 6. The summed E-state index contributed by atoms with van der Waals surface area (Å²) in [4.78, 5) is 14.5. The van der Waals surface area contributed by atoms with Gasteiger partial charge >= 0.3 is 0 Å². The highest BCUT2D eigenvalue weighted by Crippen LogP contribution is 2.20. The largest absolute Gasteiger partial charge is 0.361 e. The van der Waals surface area contributed by atoms with Crippen LogP contribution in [0.4, 0.5) is 0 Å². The SMILES string of the molecule is Cc1cc(C(=O)NCC2CCN(Cc3ccnn3-c3ccccc3)CC2)no1. The van der Waals surface area contributed by atoms with Gasteiger partial charge in [0.1, 0.15) is 5.76 Å². The Balaban J connectivity index is 1.26. The maximum Gasteiger partial charge on any atom is 0.273 e. The lowest BCUT2D eigenvalue weighted by Crippen LogP contribution is -2.38. The van der Waals surface area contributed by atoms with Crippen LogP contribution in [0.5, 0.6) is 0 Å². The lowest BCUT2D eigenvalue weighted by Gasteiger charge is -2.32. The second-order valence-corrected chi connectivity index (χ2v) is 7.32. The highest BCUT2D eigenvalue weighted by molar-refractivity contribution is 5.92. The summed E-state index contributed by atoms with van der Waals surface area (Å²) in [6.45, 7) is 5.38. The van der Waals surface area contributed by atoms with Crippen LogP contribution in [-0.2, 0) is 6.54 Å². The summed E-state index contributed by atoms with van der Waals surface area (Å²) in [7, 11) is 0. The zero-order chi connectivity index (χ0) is 19.3. The van der Waals surface area contributed by atoms with Gasteiger partial charge in [-0.1, -0.05) is 23.4 Å². The molecule has 1 aliphatic rings. The third-order valence-corrected chi connectivity index (χ3v) is 5.23. The van der Waals surface area contributed by atoms with E-state index in [1.54, 1.807) is 13.0 Å². The molecule has 0 bridgehead atoms. The van der Waals surface area contributed by atoms with E-state index in [9.17, 15) is 4.79 Å². The van der Waals surface area contributed by atoms with E-state index >= 15 is 0 Å². The van der Waals surface area contributed by atoms with Gasteiger partial charge in [-0.2, -0.15) is 5.10 Å². The average Bonchev–Trinajstić information content (AvgIpc) is 3.37. The molecule has 3 aromatic rings. The van der Waals surface area contributed by atoms with Gasteiger partial charge in [0.25, 0.3) is 5.91 Å². The number of piperidine rings is 1. The first-order chi connectivity index (χ1) is 13.7. The highest BCUT2D eigenvalue weighted by Gasteiger charge is 2.21. The second-order valence-electron chi connectivity index (χ2n) is 7.32. The number of hydrogen-bond donors (Lipinski definition) is 1. The van der Waals surface area contributed by atoms with Crippen LogP contribution in [0.3, 0.4) is 0 Å². The number of carbonyl (C=O) groups excluding carboxylic acids is 1. The van der Waals surface area contributed by atoms with Gasteiger partial charge < -0.3 is 9.84 Å². The van der Waals surface area contributed by atoms with Crippen LogP contribution in [0.1, 0.15) is 34.8 Å². The van der Waals surface area contributed by atoms with E-state index in [4.69, 9.17) is 4.52 Å². The minimum absolute atomic E-state index is 0.161. The van der Waals surface area contributed by atoms with Gasteiger partial charge in [0.2, 0.25) is 0 Å². The summed E-state index contributed by atoms with van der Waals surface area (Å²) in [6, 6.07) is 14.0. The molecule has 0 atom stereocenters. The number of nitrogens with one attached hydrogen (secondary N) is 1. The molecule has 7 nitrogen and oxygen atoms in total. The molecule has 0 radical (unpaired) electrons. The van der Waals surface area contributed by atoms with E-state index < -0.39 is 0 Å². The van der Waals surface area contributed by atoms with E-state index in [0.29, 0.717) is 23.9 Å². The highest BCUT2D eigenvalue weighted by atomic mass is 16.5. The number of nitrogens with zero attached hydrogens (tertiary/aromatic N) is 4. The van der Waals surface area contributed by atoms with Gasteiger partial charge in [-0.15, -0.1) is 0 Å². The van der Waals surface area contributed by atoms with Crippen LogP contribution >= 0.6 is 0 Å². The molecule has 1 aromatic carbocycles. The first-order valence-electron chi connectivity index (χ1n) is 9.71. The van der Waals surface area contributed by atoms with Crippen molar-refractivity contribution < 1.29 is 9.32 Å². The number of aromatic nitrogens is 3. The number of benzene rings is 1. The molecule has 0 aliphatic carbocycles. The fourth-order valence-electron chi connectivity index (χ4n) is 3.63. The maximum atomic E-state index is 12.1. The summed E-state index contributed by atoms with van der Waals surface area (Å²) in [5.41, 5.74) is 2.63. The summed E-state index contributed by atoms with van der Waals surface area (Å²) in [6.07, 6.45) is 3.99. The third-order valence-electron chi connectivity index (χ3n) is 5.23. The van der Waals surface area contributed by atoms with Gasteiger partial charge in [0.05, 0.1) is 11.4 Å². The van der Waals surface area contributed by atoms with Gasteiger partial charge in [-0.25, -0.2) is 4.68 Å². The number of likely N-dealkylation sites (tertiary alicyclic amines) is 1. The Morgan fingerprint density at radius 1 is 1.21 bits per heavy atom. The average molecular weight is 379 g/mol. The number of amides is 1. The van der Waals surface area contributed by atoms with Crippen LogP contribution in [0.2, 0.25) is 0 Å². The zero-order valence-electron chi connectivity index (χ0n) is 16.0.